The van der Waals surface area contributed by atoms with Gasteiger partial charge in [0.15, 0.2) is 0 Å². The molecule has 3 rings (SSSR count). The molecule has 3 N–H and O–H groups in total. The fourth-order valence-electron chi connectivity index (χ4n) is 2.98. The predicted octanol–water partition coefficient (Wildman–Crippen LogP) is 4.39. The second-order valence-electron chi connectivity index (χ2n) is 6.90. The molecular weight excluding hydrogens is 378 g/mol. The molecule has 0 aliphatic rings. The number of hydrogen-bond acceptors (Lipinski definition) is 3. The number of carbonyl (C=O) groups excluding carboxylic acids is 3. The Kier molecular flexibility index (Phi) is 6.60. The molecule has 0 radical (unpaired) electrons. The zero-order valence-electron chi connectivity index (χ0n) is 16.8. The number of amides is 3. The van der Waals surface area contributed by atoms with Crippen molar-refractivity contribution < 1.29 is 14.4 Å². The summed E-state index contributed by atoms with van der Waals surface area (Å²) in [4.78, 5) is 36.2. The molecule has 6 heteroatoms. The highest BCUT2D eigenvalue weighted by atomic mass is 16.2. The van der Waals surface area contributed by atoms with Crippen molar-refractivity contribution in [3.63, 3.8) is 0 Å². The molecule has 0 spiro atoms. The molecule has 0 saturated carbocycles. The van der Waals surface area contributed by atoms with Gasteiger partial charge in [-0.2, -0.15) is 0 Å². The average molecular weight is 401 g/mol. The van der Waals surface area contributed by atoms with Crippen LogP contribution in [0.5, 0.6) is 0 Å². The van der Waals surface area contributed by atoms with E-state index in [0.717, 1.165) is 5.56 Å². The van der Waals surface area contributed by atoms with Crippen molar-refractivity contribution in [3.05, 3.63) is 95.6 Å². The Balaban J connectivity index is 1.68. The zero-order chi connectivity index (χ0) is 21.5. The van der Waals surface area contributed by atoms with Crippen molar-refractivity contribution in [2.45, 2.75) is 19.9 Å². The van der Waals surface area contributed by atoms with E-state index in [9.17, 15) is 14.4 Å². The molecule has 0 heterocycles. The molecule has 3 aromatic rings. The van der Waals surface area contributed by atoms with Crippen molar-refractivity contribution in [2.24, 2.45) is 0 Å². The van der Waals surface area contributed by atoms with Gasteiger partial charge in [0.2, 0.25) is 5.91 Å². The lowest BCUT2D eigenvalue weighted by molar-refractivity contribution is -0.114. The number of anilines is 2. The quantitative estimate of drug-likeness (QED) is 0.572. The summed E-state index contributed by atoms with van der Waals surface area (Å²) in [7, 11) is 0. The van der Waals surface area contributed by atoms with Gasteiger partial charge >= 0.3 is 0 Å². The first-order valence-electron chi connectivity index (χ1n) is 9.57. The molecule has 0 bridgehead atoms. The maximum Gasteiger partial charge on any atom is 0.255 e. The van der Waals surface area contributed by atoms with Crippen LogP contribution >= 0.6 is 0 Å². The first-order chi connectivity index (χ1) is 14.4. The Bertz CT molecular complexity index is 1060. The van der Waals surface area contributed by atoms with Crippen LogP contribution in [0.3, 0.4) is 0 Å². The van der Waals surface area contributed by atoms with Crippen LogP contribution < -0.4 is 16.0 Å². The lowest BCUT2D eigenvalue weighted by Crippen LogP contribution is -2.26. The lowest BCUT2D eigenvalue weighted by Gasteiger charge is -2.16. The molecule has 0 fully saturated rings. The minimum Gasteiger partial charge on any atom is -0.346 e. The van der Waals surface area contributed by atoms with Crippen LogP contribution in [0.2, 0.25) is 0 Å². The third-order valence-electron chi connectivity index (χ3n) is 4.47. The van der Waals surface area contributed by atoms with E-state index in [1.165, 1.54) is 6.92 Å². The molecule has 0 aliphatic heterocycles. The van der Waals surface area contributed by atoms with Gasteiger partial charge in [-0.15, -0.1) is 0 Å². The summed E-state index contributed by atoms with van der Waals surface area (Å²) in [5.74, 6) is -0.650. The lowest BCUT2D eigenvalue weighted by atomic mass is 10.1. The number of hydrogen-bond donors (Lipinski definition) is 3. The number of carbonyl (C=O) groups is 3. The van der Waals surface area contributed by atoms with Crippen molar-refractivity contribution in [2.75, 3.05) is 10.6 Å². The molecule has 30 heavy (non-hydrogen) atoms. The minimum atomic E-state index is -0.282. The second-order valence-corrected chi connectivity index (χ2v) is 6.90. The van der Waals surface area contributed by atoms with Gasteiger partial charge in [-0.05, 0) is 55.0 Å². The highest BCUT2D eigenvalue weighted by Gasteiger charge is 2.13. The maximum atomic E-state index is 12.6. The van der Waals surface area contributed by atoms with Gasteiger partial charge in [0.25, 0.3) is 11.8 Å². The highest BCUT2D eigenvalue weighted by Crippen LogP contribution is 2.19. The SMILES string of the molecule is CC(=O)Nc1cccc(C(=O)NC(C)c2cccc(NC(=O)c3ccccc3)c2)c1. The molecule has 3 amide bonds. The normalized spacial score (nSPS) is 11.3. The van der Waals surface area contributed by atoms with Gasteiger partial charge in [-0.1, -0.05) is 36.4 Å². The van der Waals surface area contributed by atoms with Crippen LogP contribution in [0, 0.1) is 0 Å². The number of nitrogens with one attached hydrogen (secondary N) is 3. The Morgan fingerprint density at radius 2 is 1.33 bits per heavy atom. The summed E-state index contributed by atoms with van der Waals surface area (Å²) in [5, 5.41) is 8.48. The van der Waals surface area contributed by atoms with Crippen LogP contribution in [-0.4, -0.2) is 17.7 Å². The largest absolute Gasteiger partial charge is 0.346 e. The predicted molar refractivity (Wildman–Crippen MR) is 117 cm³/mol. The third kappa shape index (κ3) is 5.54. The molecule has 152 valence electrons. The Hall–Kier alpha value is -3.93. The van der Waals surface area contributed by atoms with Crippen LogP contribution in [0.25, 0.3) is 0 Å². The Labute approximate surface area is 175 Å². The van der Waals surface area contributed by atoms with Gasteiger partial charge in [0.1, 0.15) is 0 Å². The Morgan fingerprint density at radius 1 is 0.700 bits per heavy atom. The van der Waals surface area contributed by atoms with E-state index in [1.54, 1.807) is 42.5 Å². The average Bonchev–Trinajstić information content (AvgIpc) is 2.74. The van der Waals surface area contributed by atoms with Gasteiger partial charge in [-0.3, -0.25) is 14.4 Å². The molecule has 0 aromatic heterocycles. The monoisotopic (exact) mass is 401 g/mol. The van der Waals surface area contributed by atoms with E-state index < -0.39 is 0 Å². The first kappa shape index (κ1) is 20.8. The van der Waals surface area contributed by atoms with E-state index in [4.69, 9.17) is 0 Å². The molecule has 1 atom stereocenters. The van der Waals surface area contributed by atoms with Gasteiger partial charge in [0.05, 0.1) is 6.04 Å². The fraction of sp³-hybridized carbons (Fsp3) is 0.125. The molecule has 6 nitrogen and oxygen atoms in total. The molecule has 1 unspecified atom stereocenters. The molecule has 3 aromatic carbocycles. The number of rotatable bonds is 6. The summed E-state index contributed by atoms with van der Waals surface area (Å²) in [6.07, 6.45) is 0. The molecule has 0 saturated heterocycles. The van der Waals surface area contributed by atoms with E-state index in [2.05, 4.69) is 16.0 Å². The Morgan fingerprint density at radius 3 is 2.03 bits per heavy atom. The highest BCUT2D eigenvalue weighted by molar-refractivity contribution is 6.04. The van der Waals surface area contributed by atoms with Gasteiger partial charge < -0.3 is 16.0 Å². The third-order valence-corrected chi connectivity index (χ3v) is 4.47. The van der Waals surface area contributed by atoms with E-state index in [1.807, 2.05) is 43.3 Å². The first-order valence-corrected chi connectivity index (χ1v) is 9.57. The number of benzene rings is 3. The van der Waals surface area contributed by atoms with E-state index in [-0.39, 0.29) is 23.8 Å². The second kappa shape index (κ2) is 9.52. The van der Waals surface area contributed by atoms with Crippen LogP contribution in [0.1, 0.15) is 46.2 Å². The summed E-state index contributed by atoms with van der Waals surface area (Å²) >= 11 is 0. The van der Waals surface area contributed by atoms with Crippen LogP contribution in [0.15, 0.2) is 78.9 Å². The standard InChI is InChI=1S/C24H23N3O3/c1-16(25-24(30)20-11-7-12-21(15-20)26-17(2)28)19-10-6-13-22(14-19)27-23(29)18-8-4-3-5-9-18/h3-16H,1-2H3,(H,25,30)(H,26,28)(H,27,29). The molecule has 0 aliphatic carbocycles. The van der Waals surface area contributed by atoms with Crippen molar-refractivity contribution >= 4 is 29.1 Å². The summed E-state index contributed by atoms with van der Waals surface area (Å²) in [5.41, 5.74) is 3.08. The molecular formula is C24H23N3O3. The topological polar surface area (TPSA) is 87.3 Å². The van der Waals surface area contributed by atoms with Crippen molar-refractivity contribution in [1.82, 2.24) is 5.32 Å². The fourth-order valence-corrected chi connectivity index (χ4v) is 2.98. The maximum absolute atomic E-state index is 12.6. The van der Waals surface area contributed by atoms with Crippen molar-refractivity contribution in [1.29, 1.82) is 0 Å². The summed E-state index contributed by atoms with van der Waals surface area (Å²) in [6.45, 7) is 3.28. The smallest absolute Gasteiger partial charge is 0.255 e. The van der Waals surface area contributed by atoms with Crippen LogP contribution in [-0.2, 0) is 4.79 Å². The van der Waals surface area contributed by atoms with E-state index >= 15 is 0 Å². The van der Waals surface area contributed by atoms with Crippen LogP contribution in [0.4, 0.5) is 11.4 Å². The zero-order valence-corrected chi connectivity index (χ0v) is 16.8. The minimum absolute atomic E-state index is 0.195. The summed E-state index contributed by atoms with van der Waals surface area (Å²) in [6, 6.07) is 22.8. The van der Waals surface area contributed by atoms with Gasteiger partial charge in [-0.25, -0.2) is 0 Å². The van der Waals surface area contributed by atoms with Crippen molar-refractivity contribution in [3.8, 4) is 0 Å². The van der Waals surface area contributed by atoms with Gasteiger partial charge in [0, 0.05) is 29.4 Å². The summed E-state index contributed by atoms with van der Waals surface area (Å²) < 4.78 is 0. The van der Waals surface area contributed by atoms with E-state index in [0.29, 0.717) is 22.5 Å².